The fourth-order valence-corrected chi connectivity index (χ4v) is 2.90. The van der Waals surface area contributed by atoms with Crippen LogP contribution in [0.15, 0.2) is 53.7 Å². The molecule has 130 valence electrons. The molecule has 25 heavy (non-hydrogen) atoms. The average molecular weight is 366 g/mol. The molecule has 0 saturated carbocycles. The summed E-state index contributed by atoms with van der Waals surface area (Å²) >= 11 is 1.39. The number of hydrogen-bond donors (Lipinski definition) is 0. The van der Waals surface area contributed by atoms with Gasteiger partial charge in [0, 0.05) is 5.75 Å². The maximum atomic E-state index is 12.2. The maximum absolute atomic E-state index is 12.2. The first-order chi connectivity index (χ1) is 11.9. The summed E-state index contributed by atoms with van der Waals surface area (Å²) in [7, 11) is 0. The standard InChI is InChI=1S/C16H13F3N4OS/c1-11-2-6-13(7-3-11)23-15(20-21-22-23)25-10-12-4-8-14(9-5-12)24-16(17,18)19/h2-9H,10H2,1H3. The molecule has 0 bridgehead atoms. The molecule has 9 heteroatoms. The molecule has 0 unspecified atom stereocenters. The van der Waals surface area contributed by atoms with Crippen LogP contribution in [0.5, 0.6) is 5.75 Å². The number of aromatic nitrogens is 4. The highest BCUT2D eigenvalue weighted by molar-refractivity contribution is 7.98. The number of hydrogen-bond acceptors (Lipinski definition) is 5. The number of ether oxygens (including phenoxy) is 1. The lowest BCUT2D eigenvalue weighted by molar-refractivity contribution is -0.274. The third-order valence-electron chi connectivity index (χ3n) is 3.24. The highest BCUT2D eigenvalue weighted by atomic mass is 32.2. The Morgan fingerprint density at radius 2 is 1.72 bits per heavy atom. The van der Waals surface area contributed by atoms with E-state index in [0.29, 0.717) is 10.9 Å². The van der Waals surface area contributed by atoms with Crippen LogP contribution in [0.2, 0.25) is 0 Å². The van der Waals surface area contributed by atoms with Crippen molar-refractivity contribution in [1.29, 1.82) is 0 Å². The topological polar surface area (TPSA) is 52.8 Å². The van der Waals surface area contributed by atoms with Gasteiger partial charge in [0.25, 0.3) is 0 Å². The van der Waals surface area contributed by atoms with Crippen LogP contribution in [0.4, 0.5) is 13.2 Å². The van der Waals surface area contributed by atoms with E-state index >= 15 is 0 Å². The van der Waals surface area contributed by atoms with E-state index in [1.807, 2.05) is 31.2 Å². The Hall–Kier alpha value is -2.55. The zero-order valence-corrected chi connectivity index (χ0v) is 13.9. The highest BCUT2D eigenvalue weighted by Gasteiger charge is 2.30. The molecular weight excluding hydrogens is 353 g/mol. The molecule has 3 aromatic rings. The molecule has 1 heterocycles. The van der Waals surface area contributed by atoms with Crippen molar-refractivity contribution < 1.29 is 17.9 Å². The van der Waals surface area contributed by atoms with Crippen LogP contribution in [0.1, 0.15) is 11.1 Å². The molecule has 5 nitrogen and oxygen atoms in total. The van der Waals surface area contributed by atoms with Gasteiger partial charge in [0.15, 0.2) is 0 Å². The van der Waals surface area contributed by atoms with Crippen LogP contribution in [-0.4, -0.2) is 26.6 Å². The summed E-state index contributed by atoms with van der Waals surface area (Å²) in [6.45, 7) is 1.99. The van der Waals surface area contributed by atoms with Gasteiger partial charge in [-0.2, -0.15) is 4.68 Å². The second-order valence-corrected chi connectivity index (χ2v) is 6.13. The normalized spacial score (nSPS) is 11.5. The van der Waals surface area contributed by atoms with Gasteiger partial charge in [0.2, 0.25) is 5.16 Å². The molecule has 0 aliphatic carbocycles. The average Bonchev–Trinajstić information content (AvgIpc) is 3.02. The molecule has 0 aliphatic heterocycles. The molecule has 0 aliphatic rings. The number of alkyl halides is 3. The summed E-state index contributed by atoms with van der Waals surface area (Å²) in [5.74, 6) is 0.268. The summed E-state index contributed by atoms with van der Waals surface area (Å²) in [6, 6.07) is 13.5. The van der Waals surface area contributed by atoms with E-state index in [9.17, 15) is 13.2 Å². The largest absolute Gasteiger partial charge is 0.573 e. The van der Waals surface area contributed by atoms with Gasteiger partial charge in [-0.1, -0.05) is 41.6 Å². The molecule has 0 radical (unpaired) electrons. The lowest BCUT2D eigenvalue weighted by Crippen LogP contribution is -2.16. The molecule has 0 saturated heterocycles. The summed E-state index contributed by atoms with van der Waals surface area (Å²) in [6.07, 6.45) is -4.69. The quantitative estimate of drug-likeness (QED) is 0.635. The number of thioether (sulfide) groups is 1. The van der Waals surface area contributed by atoms with Gasteiger partial charge < -0.3 is 4.74 Å². The van der Waals surface area contributed by atoms with E-state index in [2.05, 4.69) is 20.3 Å². The van der Waals surface area contributed by atoms with Crippen LogP contribution in [0.25, 0.3) is 5.69 Å². The molecule has 2 aromatic carbocycles. The Kier molecular flexibility index (Phi) is 4.93. The minimum Gasteiger partial charge on any atom is -0.406 e. The first-order valence-electron chi connectivity index (χ1n) is 7.24. The van der Waals surface area contributed by atoms with Crippen molar-refractivity contribution in [2.45, 2.75) is 24.2 Å². The molecule has 1 aromatic heterocycles. The van der Waals surface area contributed by atoms with Crippen LogP contribution in [0, 0.1) is 6.92 Å². The van der Waals surface area contributed by atoms with E-state index in [1.54, 1.807) is 16.8 Å². The van der Waals surface area contributed by atoms with Crippen molar-refractivity contribution in [2.75, 3.05) is 0 Å². The molecule has 3 rings (SSSR count). The van der Waals surface area contributed by atoms with Gasteiger partial charge in [0.1, 0.15) is 5.75 Å². The van der Waals surface area contributed by atoms with Gasteiger partial charge in [-0.25, -0.2) is 0 Å². The summed E-state index contributed by atoms with van der Waals surface area (Å²) in [5.41, 5.74) is 2.80. The van der Waals surface area contributed by atoms with Gasteiger partial charge in [0.05, 0.1) is 5.69 Å². The Labute approximate surface area is 145 Å². The lowest BCUT2D eigenvalue weighted by atomic mass is 10.2. The number of tetrazole rings is 1. The third-order valence-corrected chi connectivity index (χ3v) is 4.23. The molecular formula is C16H13F3N4OS. The van der Waals surface area contributed by atoms with E-state index in [0.717, 1.165) is 16.8 Å². The van der Waals surface area contributed by atoms with Gasteiger partial charge in [-0.15, -0.1) is 18.3 Å². The molecule has 0 N–H and O–H groups in total. The molecule has 0 atom stereocenters. The van der Waals surface area contributed by atoms with Crippen molar-refractivity contribution in [3.63, 3.8) is 0 Å². The monoisotopic (exact) mass is 366 g/mol. The molecule has 0 fully saturated rings. The summed E-state index contributed by atoms with van der Waals surface area (Å²) in [4.78, 5) is 0. The first-order valence-corrected chi connectivity index (χ1v) is 8.22. The number of halogens is 3. The second-order valence-electron chi connectivity index (χ2n) is 5.19. The molecule has 0 amide bonds. The number of benzene rings is 2. The van der Waals surface area contributed by atoms with Gasteiger partial charge in [-0.3, -0.25) is 0 Å². The van der Waals surface area contributed by atoms with Gasteiger partial charge in [-0.05, 0) is 47.2 Å². The predicted octanol–water partition coefficient (Wildman–Crippen LogP) is 4.16. The SMILES string of the molecule is Cc1ccc(-n2nnnc2SCc2ccc(OC(F)(F)F)cc2)cc1. The Bertz CT molecular complexity index is 832. The highest BCUT2D eigenvalue weighted by Crippen LogP contribution is 2.26. The Morgan fingerprint density at radius 3 is 2.36 bits per heavy atom. The Balaban J connectivity index is 1.66. The minimum absolute atomic E-state index is 0.245. The van der Waals surface area contributed by atoms with Crippen LogP contribution in [0.3, 0.4) is 0 Å². The second kappa shape index (κ2) is 7.14. The van der Waals surface area contributed by atoms with E-state index < -0.39 is 6.36 Å². The molecule has 0 spiro atoms. The van der Waals surface area contributed by atoms with Crippen molar-refractivity contribution in [1.82, 2.24) is 20.2 Å². The van der Waals surface area contributed by atoms with Crippen molar-refractivity contribution in [3.05, 3.63) is 59.7 Å². The fourth-order valence-electron chi connectivity index (χ4n) is 2.05. The van der Waals surface area contributed by atoms with E-state index in [-0.39, 0.29) is 5.75 Å². The summed E-state index contributed by atoms with van der Waals surface area (Å²) in [5, 5.41) is 12.2. The third kappa shape index (κ3) is 4.72. The van der Waals surface area contributed by atoms with Crippen LogP contribution < -0.4 is 4.74 Å². The van der Waals surface area contributed by atoms with E-state index in [4.69, 9.17) is 0 Å². The minimum atomic E-state index is -4.69. The number of aryl methyl sites for hydroxylation is 1. The van der Waals surface area contributed by atoms with Crippen molar-refractivity contribution in [3.8, 4) is 11.4 Å². The number of rotatable bonds is 5. The van der Waals surface area contributed by atoms with Crippen LogP contribution in [-0.2, 0) is 5.75 Å². The lowest BCUT2D eigenvalue weighted by Gasteiger charge is -2.09. The first kappa shape index (κ1) is 17.3. The number of nitrogens with zero attached hydrogens (tertiary/aromatic N) is 4. The van der Waals surface area contributed by atoms with Crippen LogP contribution >= 0.6 is 11.8 Å². The summed E-state index contributed by atoms with van der Waals surface area (Å²) < 4.78 is 41.9. The fraction of sp³-hybridized carbons (Fsp3) is 0.188. The van der Waals surface area contributed by atoms with E-state index in [1.165, 1.54) is 23.9 Å². The maximum Gasteiger partial charge on any atom is 0.573 e. The van der Waals surface area contributed by atoms with Crippen molar-refractivity contribution >= 4 is 11.8 Å². The zero-order chi connectivity index (χ0) is 17.9. The van der Waals surface area contributed by atoms with Gasteiger partial charge >= 0.3 is 6.36 Å². The Morgan fingerprint density at radius 1 is 1.04 bits per heavy atom. The zero-order valence-electron chi connectivity index (χ0n) is 13.1. The van der Waals surface area contributed by atoms with Crippen molar-refractivity contribution in [2.24, 2.45) is 0 Å². The smallest absolute Gasteiger partial charge is 0.406 e. The predicted molar refractivity (Wildman–Crippen MR) is 86.6 cm³/mol.